The first-order chi connectivity index (χ1) is 25.7. The lowest BCUT2D eigenvalue weighted by Crippen LogP contribution is -2.67. The summed E-state index contributed by atoms with van der Waals surface area (Å²) in [4.78, 5) is 13.7. The van der Waals surface area contributed by atoms with Crippen molar-refractivity contribution in [2.24, 2.45) is 45.3 Å². The smallest absolute Gasteiger partial charge is 0.187 e. The van der Waals surface area contributed by atoms with Crippen LogP contribution in [0.1, 0.15) is 113 Å². The van der Waals surface area contributed by atoms with Gasteiger partial charge in [0.15, 0.2) is 12.6 Å². The zero-order chi connectivity index (χ0) is 40.5. The summed E-state index contributed by atoms with van der Waals surface area (Å²) in [5, 5.41) is 85.1. The fourth-order valence-electron chi connectivity index (χ4n) is 13.1. The van der Waals surface area contributed by atoms with Crippen LogP contribution in [0.25, 0.3) is 0 Å². The second kappa shape index (κ2) is 15.8. The lowest BCUT2D eigenvalue weighted by Gasteiger charge is -2.69. The maximum absolute atomic E-state index is 13.7. The van der Waals surface area contributed by atoms with E-state index in [1.54, 1.807) is 0 Å². The van der Waals surface area contributed by atoms with E-state index in [1.807, 2.05) is 6.92 Å². The van der Waals surface area contributed by atoms with Crippen LogP contribution in [-0.4, -0.2) is 133 Å². The van der Waals surface area contributed by atoms with E-state index in [4.69, 9.17) is 18.9 Å². The number of hydrogen-bond donors (Lipinski definition) is 8. The van der Waals surface area contributed by atoms with Gasteiger partial charge in [-0.15, -0.1) is 0 Å². The summed E-state index contributed by atoms with van der Waals surface area (Å²) in [6.07, 6.45) is -4.07. The molecule has 2 heterocycles. The van der Waals surface area contributed by atoms with Gasteiger partial charge in [0.05, 0.1) is 24.9 Å². The second-order valence-electron chi connectivity index (χ2n) is 19.7. The summed E-state index contributed by atoms with van der Waals surface area (Å²) in [5.41, 5.74) is -0.806. The van der Waals surface area contributed by atoms with Gasteiger partial charge < -0.3 is 64.6 Å². The van der Waals surface area contributed by atoms with Crippen LogP contribution in [0.5, 0.6) is 0 Å². The van der Waals surface area contributed by atoms with Gasteiger partial charge in [0.1, 0.15) is 55.1 Å². The normalized spacial score (nSPS) is 50.6. The molecule has 0 aromatic carbocycles. The Balaban J connectivity index is 1.23. The molecule has 0 spiro atoms. The average molecular weight is 783 g/mol. The zero-order valence-electron chi connectivity index (χ0n) is 33.9. The van der Waals surface area contributed by atoms with Crippen molar-refractivity contribution < 1.29 is 64.6 Å². The molecule has 13 nitrogen and oxygen atoms in total. The van der Waals surface area contributed by atoms with Crippen molar-refractivity contribution in [3.63, 3.8) is 0 Å². The molecule has 4 aliphatic carbocycles. The number of carbonyl (C=O) groups is 1. The third-order valence-corrected chi connectivity index (χ3v) is 16.4. The average Bonchev–Trinajstić information content (AvgIpc) is 3.50. The van der Waals surface area contributed by atoms with Crippen LogP contribution in [0.3, 0.4) is 0 Å². The standard InChI is InChI=1S/C42H70O13/c1-22(2)9-8-15-41(7,51)24-12-16-39(5)23(24)10-11-28-40(39,6)17-13-27-38(3,4)29(14-18-42(27,28)21-45)54-37-35(33(49)31(47)26(20-44)53-37)55-36-34(50)32(48)30(46)25(19-43)52-36/h9,21,23-37,43-44,46-51H,8,10-20H2,1-7H3/t23-,24+,25-,26-,27+,28+,29+,30-,31-,32+,33+,34-,35-,36+,37+,39-,40-,41-,42-/m1/s1. The topological polar surface area (TPSA) is 216 Å². The van der Waals surface area contributed by atoms with E-state index < -0.39 is 97.2 Å². The van der Waals surface area contributed by atoms with Crippen molar-refractivity contribution in [3.8, 4) is 0 Å². The molecule has 0 amide bonds. The highest BCUT2D eigenvalue weighted by Crippen LogP contribution is 2.75. The van der Waals surface area contributed by atoms with Gasteiger partial charge in [0, 0.05) is 5.41 Å². The van der Waals surface area contributed by atoms with Gasteiger partial charge in [-0.2, -0.15) is 0 Å². The number of aliphatic hydroxyl groups excluding tert-OH is 7. The molecule has 19 atom stereocenters. The predicted octanol–water partition coefficient (Wildman–Crippen LogP) is 2.36. The molecule has 0 bridgehead atoms. The van der Waals surface area contributed by atoms with Crippen molar-refractivity contribution in [3.05, 3.63) is 11.6 Å². The minimum absolute atomic E-state index is 0.0270. The van der Waals surface area contributed by atoms with Crippen molar-refractivity contribution in [1.82, 2.24) is 0 Å². The molecule has 316 valence electrons. The first-order valence-corrected chi connectivity index (χ1v) is 20.8. The van der Waals surface area contributed by atoms with Crippen LogP contribution in [0.15, 0.2) is 11.6 Å². The first kappa shape index (κ1) is 43.5. The van der Waals surface area contributed by atoms with E-state index in [1.165, 1.54) is 11.9 Å². The van der Waals surface area contributed by atoms with E-state index in [0.717, 1.165) is 51.4 Å². The van der Waals surface area contributed by atoms with Crippen molar-refractivity contribution in [1.29, 1.82) is 0 Å². The molecule has 0 unspecified atom stereocenters. The molecule has 0 radical (unpaired) electrons. The number of carbonyl (C=O) groups excluding carboxylic acids is 1. The highest BCUT2D eigenvalue weighted by molar-refractivity contribution is 5.62. The third-order valence-electron chi connectivity index (χ3n) is 16.4. The summed E-state index contributed by atoms with van der Waals surface area (Å²) >= 11 is 0. The van der Waals surface area contributed by atoms with Crippen LogP contribution in [-0.2, 0) is 23.7 Å². The Morgan fingerprint density at radius 3 is 1.98 bits per heavy atom. The molecule has 6 rings (SSSR count). The molecule has 2 saturated heterocycles. The second-order valence-corrected chi connectivity index (χ2v) is 19.7. The predicted molar refractivity (Wildman–Crippen MR) is 200 cm³/mol. The Labute approximate surface area is 326 Å². The molecular weight excluding hydrogens is 712 g/mol. The summed E-state index contributed by atoms with van der Waals surface area (Å²) in [5.74, 6) is 0.678. The van der Waals surface area contributed by atoms with E-state index in [2.05, 4.69) is 47.6 Å². The number of fused-ring (bicyclic) bond motifs is 5. The number of aldehydes is 1. The molecular formula is C42H70O13. The zero-order valence-corrected chi connectivity index (χ0v) is 33.9. The Morgan fingerprint density at radius 2 is 1.36 bits per heavy atom. The number of allylic oxidation sites excluding steroid dienone is 2. The Kier molecular flexibility index (Phi) is 12.5. The minimum Gasteiger partial charge on any atom is -0.394 e. The van der Waals surface area contributed by atoms with Gasteiger partial charge in [0.25, 0.3) is 0 Å². The highest BCUT2D eigenvalue weighted by Gasteiger charge is 2.71. The van der Waals surface area contributed by atoms with Crippen LogP contribution < -0.4 is 0 Å². The molecule has 13 heteroatoms. The van der Waals surface area contributed by atoms with E-state index in [0.29, 0.717) is 18.8 Å². The van der Waals surface area contributed by atoms with Gasteiger partial charge in [-0.25, -0.2) is 0 Å². The summed E-state index contributed by atoms with van der Waals surface area (Å²) in [6, 6.07) is 0. The molecule has 6 fully saturated rings. The van der Waals surface area contributed by atoms with Gasteiger partial charge >= 0.3 is 0 Å². The van der Waals surface area contributed by atoms with E-state index in [9.17, 15) is 45.6 Å². The maximum atomic E-state index is 13.7. The lowest BCUT2D eigenvalue weighted by atomic mass is 9.35. The van der Waals surface area contributed by atoms with Crippen molar-refractivity contribution >= 4 is 6.29 Å². The van der Waals surface area contributed by atoms with Crippen LogP contribution >= 0.6 is 0 Å². The monoisotopic (exact) mass is 782 g/mol. The molecule has 8 N–H and O–H groups in total. The van der Waals surface area contributed by atoms with Gasteiger partial charge in [-0.3, -0.25) is 0 Å². The SMILES string of the molecule is CC(C)=CCC[C@@](C)(O)[C@H]1CC[C@]2(C)[C@@H]1CC[C@@H]1[C@@]3(C=O)CC[C@H](O[C@@H]4O[C@H](CO)[C@@H](O)[C@H](O)[C@H]4O[C@@H]4O[C@H](CO)[C@@H](O)[C@H](O)[C@H]4O)C(C)(C)[C@@H]3CC[C@]12C. The van der Waals surface area contributed by atoms with Crippen LogP contribution in [0, 0.1) is 45.3 Å². The molecule has 55 heavy (non-hydrogen) atoms. The summed E-state index contributed by atoms with van der Waals surface area (Å²) in [6.45, 7) is 14.0. The van der Waals surface area contributed by atoms with Crippen molar-refractivity contribution in [2.75, 3.05) is 13.2 Å². The fraction of sp³-hybridized carbons (Fsp3) is 0.929. The molecule has 0 aromatic heterocycles. The van der Waals surface area contributed by atoms with E-state index in [-0.39, 0.29) is 28.6 Å². The third kappa shape index (κ3) is 7.11. The molecule has 0 aromatic rings. The molecule has 6 aliphatic rings. The Morgan fingerprint density at radius 1 is 0.745 bits per heavy atom. The number of hydrogen-bond acceptors (Lipinski definition) is 13. The minimum atomic E-state index is -1.77. The maximum Gasteiger partial charge on any atom is 0.187 e. The largest absolute Gasteiger partial charge is 0.394 e. The first-order valence-electron chi connectivity index (χ1n) is 20.8. The number of aliphatic hydroxyl groups is 8. The Bertz CT molecular complexity index is 1380. The quantitative estimate of drug-likeness (QED) is 0.0860. The Hall–Kier alpha value is -1.07. The van der Waals surface area contributed by atoms with Gasteiger partial charge in [-0.05, 0) is 125 Å². The summed E-state index contributed by atoms with van der Waals surface area (Å²) in [7, 11) is 0. The van der Waals surface area contributed by atoms with Crippen LogP contribution in [0.4, 0.5) is 0 Å². The van der Waals surface area contributed by atoms with Crippen LogP contribution in [0.2, 0.25) is 0 Å². The number of rotatable bonds is 11. The lowest BCUT2D eigenvalue weighted by molar-refractivity contribution is -0.378. The van der Waals surface area contributed by atoms with Gasteiger partial charge in [-0.1, -0.05) is 39.3 Å². The molecule has 2 aliphatic heterocycles. The summed E-state index contributed by atoms with van der Waals surface area (Å²) < 4.78 is 24.3. The van der Waals surface area contributed by atoms with E-state index >= 15 is 0 Å². The van der Waals surface area contributed by atoms with Gasteiger partial charge in [0.2, 0.25) is 0 Å². The van der Waals surface area contributed by atoms with Crippen molar-refractivity contribution in [2.45, 2.75) is 186 Å². The highest BCUT2D eigenvalue weighted by atomic mass is 16.8. The molecule has 4 saturated carbocycles. The fourth-order valence-corrected chi connectivity index (χ4v) is 13.1. The number of ether oxygens (including phenoxy) is 4.